The highest BCUT2D eigenvalue weighted by molar-refractivity contribution is 6.06. The van der Waals surface area contributed by atoms with Gasteiger partial charge < -0.3 is 13.7 Å². The molecule has 0 saturated carbocycles. The molecule has 2 aromatic heterocycles. The summed E-state index contributed by atoms with van der Waals surface area (Å²) >= 11 is 0. The number of para-hydroxylation sites is 2. The lowest BCUT2D eigenvalue weighted by Crippen LogP contribution is -2.10. The molecule has 4 heteroatoms. The Morgan fingerprint density at radius 1 is 0.333 bits per heavy atom. The first-order valence-corrected chi connectivity index (χ1v) is 19.2. The summed E-state index contributed by atoms with van der Waals surface area (Å²) in [5, 5.41) is 4.66. The Hall–Kier alpha value is -7.69. The second kappa shape index (κ2) is 13.6. The average Bonchev–Trinajstić information content (AvgIpc) is 3.89. The zero-order valence-electron chi connectivity index (χ0n) is 30.8. The summed E-state index contributed by atoms with van der Waals surface area (Å²) < 4.78 is 12.5. The number of aromatic nitrogens is 1. The van der Waals surface area contributed by atoms with Crippen LogP contribution in [0.2, 0.25) is 0 Å². The summed E-state index contributed by atoms with van der Waals surface area (Å²) in [5.74, 6) is 0.563. The van der Waals surface area contributed by atoms with Gasteiger partial charge in [-0.3, -0.25) is 0 Å². The fourth-order valence-corrected chi connectivity index (χ4v) is 8.03. The van der Waals surface area contributed by atoms with Gasteiger partial charge >= 0.3 is 0 Å². The van der Waals surface area contributed by atoms with Crippen LogP contribution < -0.4 is 4.90 Å². The quantitative estimate of drug-likeness (QED) is 0.164. The molecule has 0 unspecified atom stereocenters. The lowest BCUT2D eigenvalue weighted by molar-refractivity contribution is 0.619. The molecule has 0 bridgehead atoms. The van der Waals surface area contributed by atoms with Crippen molar-refractivity contribution in [1.82, 2.24) is 4.98 Å². The van der Waals surface area contributed by atoms with Gasteiger partial charge in [-0.1, -0.05) is 133 Å². The lowest BCUT2D eigenvalue weighted by atomic mass is 10.0. The Morgan fingerprint density at radius 3 is 1.79 bits per heavy atom. The van der Waals surface area contributed by atoms with Crippen molar-refractivity contribution in [3.05, 3.63) is 206 Å². The number of fused-ring (bicyclic) bond motifs is 5. The molecule has 0 saturated heterocycles. The topological polar surface area (TPSA) is 42.4 Å². The van der Waals surface area contributed by atoms with Gasteiger partial charge in [-0.2, -0.15) is 0 Å². The molecule has 0 fully saturated rings. The van der Waals surface area contributed by atoms with E-state index in [1.165, 1.54) is 27.5 Å². The number of hydrogen-bond acceptors (Lipinski definition) is 4. The van der Waals surface area contributed by atoms with Crippen molar-refractivity contribution >= 4 is 60.9 Å². The minimum Gasteiger partial charge on any atom is -0.456 e. The van der Waals surface area contributed by atoms with Gasteiger partial charge in [0.2, 0.25) is 5.89 Å². The van der Waals surface area contributed by atoms with Gasteiger partial charge in [-0.25, -0.2) is 4.98 Å². The van der Waals surface area contributed by atoms with Crippen molar-refractivity contribution in [2.45, 2.75) is 0 Å². The molecular formula is C53H34N2O2. The van der Waals surface area contributed by atoms with E-state index in [0.29, 0.717) is 5.89 Å². The van der Waals surface area contributed by atoms with Crippen LogP contribution in [-0.4, -0.2) is 4.98 Å². The van der Waals surface area contributed by atoms with E-state index < -0.39 is 0 Å². The number of oxazole rings is 1. The Morgan fingerprint density at radius 2 is 0.947 bits per heavy atom. The monoisotopic (exact) mass is 730 g/mol. The maximum atomic E-state index is 6.37. The summed E-state index contributed by atoms with van der Waals surface area (Å²) in [4.78, 5) is 7.37. The summed E-state index contributed by atoms with van der Waals surface area (Å²) in [5.41, 5.74) is 14.1. The van der Waals surface area contributed by atoms with Crippen molar-refractivity contribution in [3.8, 4) is 44.8 Å². The van der Waals surface area contributed by atoms with Crippen molar-refractivity contribution in [2.75, 3.05) is 4.90 Å². The first-order valence-electron chi connectivity index (χ1n) is 19.2. The molecular weight excluding hydrogens is 697 g/mol. The Labute approximate surface area is 329 Å². The van der Waals surface area contributed by atoms with E-state index >= 15 is 0 Å². The van der Waals surface area contributed by atoms with E-state index in [9.17, 15) is 0 Å². The Kier molecular flexibility index (Phi) is 7.78. The normalized spacial score (nSPS) is 11.5. The van der Waals surface area contributed by atoms with Gasteiger partial charge in [0.25, 0.3) is 0 Å². The fourth-order valence-electron chi connectivity index (χ4n) is 8.03. The van der Waals surface area contributed by atoms with Crippen molar-refractivity contribution < 1.29 is 8.83 Å². The van der Waals surface area contributed by atoms with Crippen LogP contribution in [-0.2, 0) is 0 Å². The molecule has 0 radical (unpaired) electrons. The largest absolute Gasteiger partial charge is 0.456 e. The summed E-state index contributed by atoms with van der Waals surface area (Å²) in [6.45, 7) is 0. The van der Waals surface area contributed by atoms with Gasteiger partial charge in [0.05, 0.1) is 0 Å². The highest BCUT2D eigenvalue weighted by Crippen LogP contribution is 2.40. The summed E-state index contributed by atoms with van der Waals surface area (Å²) in [7, 11) is 0. The van der Waals surface area contributed by atoms with Gasteiger partial charge in [0, 0.05) is 39.0 Å². The molecule has 0 aliphatic carbocycles. The number of nitrogens with zero attached hydrogens (tertiary/aromatic N) is 2. The molecule has 0 amide bonds. The molecule has 4 nitrogen and oxygen atoms in total. The average molecular weight is 731 g/mol. The molecule has 2 heterocycles. The molecule has 57 heavy (non-hydrogen) atoms. The minimum atomic E-state index is 0.563. The highest BCUT2D eigenvalue weighted by Gasteiger charge is 2.18. The maximum Gasteiger partial charge on any atom is 0.227 e. The van der Waals surface area contributed by atoms with Crippen molar-refractivity contribution in [2.24, 2.45) is 0 Å². The lowest BCUT2D eigenvalue weighted by Gasteiger charge is -2.26. The van der Waals surface area contributed by atoms with Crippen LogP contribution in [0.5, 0.6) is 0 Å². The summed E-state index contributed by atoms with van der Waals surface area (Å²) in [6, 6.07) is 72.4. The van der Waals surface area contributed by atoms with E-state index in [1.807, 2.05) is 36.4 Å². The molecule has 9 aromatic carbocycles. The predicted molar refractivity (Wildman–Crippen MR) is 235 cm³/mol. The number of benzene rings is 9. The second-order valence-corrected chi connectivity index (χ2v) is 14.4. The fraction of sp³-hybridized carbons (Fsp3) is 0. The van der Waals surface area contributed by atoms with E-state index in [1.54, 1.807) is 0 Å². The predicted octanol–water partition coefficient (Wildman–Crippen LogP) is 15.0. The SMILES string of the molecule is c1ccc(-c2cccc(N(c3ccc(-c4ccc5ccccc5c4)cc3)c3ccc(-c4cccc5oc(-c6ccc7c(c6)oc6ccccc67)nc45)cc3)c2)cc1. The van der Waals surface area contributed by atoms with Gasteiger partial charge in [-0.05, 0) is 111 Å². The van der Waals surface area contributed by atoms with E-state index in [4.69, 9.17) is 13.8 Å². The smallest absolute Gasteiger partial charge is 0.227 e. The van der Waals surface area contributed by atoms with Crippen LogP contribution in [0.25, 0.3) is 88.6 Å². The zero-order valence-corrected chi connectivity index (χ0v) is 30.8. The minimum absolute atomic E-state index is 0.563. The van der Waals surface area contributed by atoms with Gasteiger partial charge in [-0.15, -0.1) is 0 Å². The first kappa shape index (κ1) is 32.7. The molecule has 11 aromatic rings. The highest BCUT2D eigenvalue weighted by atomic mass is 16.3. The zero-order chi connectivity index (χ0) is 37.7. The van der Waals surface area contributed by atoms with Crippen LogP contribution in [0.1, 0.15) is 0 Å². The standard InChI is InChI=1S/C53H34N2O2/c1-2-10-35(11-3-1)40-14-8-15-45(33-40)55(43-27-22-37(23-28-43)41-21-20-36-12-4-5-13-39(36)32-41)44-29-24-38(25-30-44)46-17-9-19-50-52(46)54-53(57-50)42-26-31-48-47-16-6-7-18-49(47)56-51(48)34-42/h1-34H. The number of rotatable bonds is 7. The summed E-state index contributed by atoms with van der Waals surface area (Å²) in [6.07, 6.45) is 0. The van der Waals surface area contributed by atoms with Crippen LogP contribution >= 0.6 is 0 Å². The molecule has 268 valence electrons. The van der Waals surface area contributed by atoms with Crippen molar-refractivity contribution in [3.63, 3.8) is 0 Å². The first-order chi connectivity index (χ1) is 28.2. The van der Waals surface area contributed by atoms with Crippen LogP contribution in [0.15, 0.2) is 215 Å². The van der Waals surface area contributed by atoms with Crippen LogP contribution in [0.3, 0.4) is 0 Å². The van der Waals surface area contributed by atoms with Gasteiger partial charge in [0.15, 0.2) is 5.58 Å². The molecule has 0 spiro atoms. The molecule has 0 N–H and O–H groups in total. The molecule has 0 atom stereocenters. The van der Waals surface area contributed by atoms with E-state index in [-0.39, 0.29) is 0 Å². The number of anilines is 3. The van der Waals surface area contributed by atoms with Crippen molar-refractivity contribution in [1.29, 1.82) is 0 Å². The number of hydrogen-bond donors (Lipinski definition) is 0. The van der Waals surface area contributed by atoms with Gasteiger partial charge in [0.1, 0.15) is 16.7 Å². The maximum absolute atomic E-state index is 6.37. The molecule has 0 aliphatic heterocycles. The van der Waals surface area contributed by atoms with E-state index in [2.05, 4.69) is 175 Å². The third kappa shape index (κ3) is 5.92. The second-order valence-electron chi connectivity index (χ2n) is 14.4. The molecule has 11 rings (SSSR count). The Bertz CT molecular complexity index is 3230. The molecule has 0 aliphatic rings. The third-order valence-corrected chi connectivity index (χ3v) is 10.9. The Balaban J connectivity index is 0.962. The van der Waals surface area contributed by atoms with E-state index in [0.717, 1.165) is 72.4 Å². The number of furan rings is 1. The van der Waals surface area contributed by atoms with Crippen LogP contribution in [0, 0.1) is 0 Å². The third-order valence-electron chi connectivity index (χ3n) is 10.9. The van der Waals surface area contributed by atoms with Crippen LogP contribution in [0.4, 0.5) is 17.1 Å².